The van der Waals surface area contributed by atoms with Crippen molar-refractivity contribution in [3.8, 4) is 5.75 Å². The Balaban J connectivity index is 1.76. The Morgan fingerprint density at radius 2 is 2.00 bits per heavy atom. The van der Waals surface area contributed by atoms with Gasteiger partial charge in [0.05, 0.1) is 30.3 Å². The van der Waals surface area contributed by atoms with Gasteiger partial charge in [0.15, 0.2) is 6.54 Å². The van der Waals surface area contributed by atoms with Crippen LogP contribution < -0.4 is 15.0 Å². The molecule has 1 aromatic carbocycles. The second-order valence-corrected chi connectivity index (χ2v) is 10.2. The summed E-state index contributed by atoms with van der Waals surface area (Å²) < 4.78 is 33.2. The van der Waals surface area contributed by atoms with Gasteiger partial charge in [-0.25, -0.2) is 8.42 Å². The van der Waals surface area contributed by atoms with Crippen molar-refractivity contribution in [3.63, 3.8) is 0 Å². The van der Waals surface area contributed by atoms with Gasteiger partial charge in [-0.3, -0.25) is 4.79 Å². The molecule has 7 nitrogen and oxygen atoms in total. The van der Waals surface area contributed by atoms with Gasteiger partial charge in [0, 0.05) is 19.0 Å². The van der Waals surface area contributed by atoms with Crippen LogP contribution in [0.1, 0.15) is 46.0 Å². The summed E-state index contributed by atoms with van der Waals surface area (Å²) in [6.07, 6.45) is 5.19. The minimum Gasteiger partial charge on any atom is -0.492 e. The van der Waals surface area contributed by atoms with Crippen molar-refractivity contribution in [1.82, 2.24) is 4.31 Å². The fraction of sp³-hybridized carbons (Fsp3) is 0.667. The Morgan fingerprint density at radius 3 is 2.69 bits per heavy atom. The minimum absolute atomic E-state index is 0.109. The third-order valence-electron chi connectivity index (χ3n) is 5.75. The molecule has 3 rings (SSSR count). The summed E-state index contributed by atoms with van der Waals surface area (Å²) in [5, 5.41) is 2.91. The molecule has 8 heteroatoms. The number of benzene rings is 1. The molecule has 1 aromatic rings. The number of sulfonamides is 1. The average molecular weight is 425 g/mol. The van der Waals surface area contributed by atoms with Crippen LogP contribution in [0, 0.1) is 5.92 Å². The largest absolute Gasteiger partial charge is 0.492 e. The van der Waals surface area contributed by atoms with E-state index in [-0.39, 0.29) is 10.8 Å². The summed E-state index contributed by atoms with van der Waals surface area (Å²) >= 11 is 0. The molecule has 1 amide bonds. The Hall–Kier alpha value is -1.64. The maximum Gasteiger partial charge on any atom is 0.279 e. The van der Waals surface area contributed by atoms with Crippen LogP contribution in [-0.2, 0) is 14.8 Å². The predicted molar refractivity (Wildman–Crippen MR) is 113 cm³/mol. The highest BCUT2D eigenvalue weighted by Crippen LogP contribution is 2.30. The lowest BCUT2D eigenvalue weighted by atomic mass is 10.0. The highest BCUT2D eigenvalue weighted by molar-refractivity contribution is 7.89. The minimum atomic E-state index is -3.57. The number of hydrogen-bond acceptors (Lipinski definition) is 4. The number of ether oxygens (including phenoxy) is 1. The van der Waals surface area contributed by atoms with E-state index in [1.165, 1.54) is 15.6 Å². The molecule has 2 saturated heterocycles. The molecule has 0 saturated carbocycles. The molecule has 1 unspecified atom stereocenters. The number of nitrogens with zero attached hydrogens (tertiary/aromatic N) is 1. The number of hydrogen-bond donors (Lipinski definition) is 2. The maximum atomic E-state index is 13.0. The Kier molecular flexibility index (Phi) is 7.54. The van der Waals surface area contributed by atoms with Crippen molar-refractivity contribution in [2.75, 3.05) is 44.6 Å². The first-order valence-corrected chi connectivity index (χ1v) is 12.2. The quantitative estimate of drug-likeness (QED) is 0.695. The summed E-state index contributed by atoms with van der Waals surface area (Å²) in [6, 6.07) is 4.76. The molecule has 29 heavy (non-hydrogen) atoms. The average Bonchev–Trinajstić information content (AvgIpc) is 2.70. The second-order valence-electron chi connectivity index (χ2n) is 8.23. The Labute approximate surface area is 174 Å². The number of anilines is 1. The van der Waals surface area contributed by atoms with Gasteiger partial charge in [-0.05, 0) is 50.8 Å². The molecular formula is C21H34N3O4S+. The number of likely N-dealkylation sites (tertiary alicyclic amines) is 1. The lowest BCUT2D eigenvalue weighted by molar-refractivity contribution is -0.900. The van der Waals surface area contributed by atoms with E-state index in [0.29, 0.717) is 43.6 Å². The normalized spacial score (nSPS) is 23.5. The van der Waals surface area contributed by atoms with Crippen molar-refractivity contribution in [2.24, 2.45) is 5.92 Å². The fourth-order valence-electron chi connectivity index (χ4n) is 4.28. The van der Waals surface area contributed by atoms with Gasteiger partial charge in [0.25, 0.3) is 5.91 Å². The summed E-state index contributed by atoms with van der Waals surface area (Å²) in [6.45, 7) is 8.01. The number of piperidine rings is 2. The molecule has 2 aliphatic rings. The number of carbonyl (C=O) groups is 1. The Bertz CT molecular complexity index is 806. The van der Waals surface area contributed by atoms with E-state index < -0.39 is 10.0 Å². The first-order chi connectivity index (χ1) is 13.9. The fourth-order valence-corrected chi connectivity index (χ4v) is 5.83. The van der Waals surface area contributed by atoms with Gasteiger partial charge in [-0.2, -0.15) is 4.31 Å². The first-order valence-electron chi connectivity index (χ1n) is 10.8. The van der Waals surface area contributed by atoms with Crippen LogP contribution in [0.3, 0.4) is 0 Å². The van der Waals surface area contributed by atoms with Crippen molar-refractivity contribution in [3.05, 3.63) is 18.2 Å². The monoisotopic (exact) mass is 424 g/mol. The molecule has 0 aliphatic carbocycles. The zero-order chi connectivity index (χ0) is 20.9. The molecule has 2 atom stereocenters. The van der Waals surface area contributed by atoms with Gasteiger partial charge in [0.2, 0.25) is 10.0 Å². The predicted octanol–water partition coefficient (Wildman–Crippen LogP) is 1.51. The smallest absolute Gasteiger partial charge is 0.279 e. The molecule has 0 aromatic heterocycles. The van der Waals surface area contributed by atoms with E-state index in [0.717, 1.165) is 38.8 Å². The van der Waals surface area contributed by atoms with Crippen LogP contribution in [0.2, 0.25) is 0 Å². The van der Waals surface area contributed by atoms with Crippen LogP contribution >= 0.6 is 0 Å². The van der Waals surface area contributed by atoms with Gasteiger partial charge in [-0.1, -0.05) is 13.3 Å². The van der Waals surface area contributed by atoms with E-state index in [9.17, 15) is 13.2 Å². The van der Waals surface area contributed by atoms with Gasteiger partial charge >= 0.3 is 0 Å². The topological polar surface area (TPSA) is 80.2 Å². The molecule has 0 spiro atoms. The van der Waals surface area contributed by atoms with Crippen LogP contribution in [0.15, 0.2) is 23.1 Å². The number of amides is 1. The second kappa shape index (κ2) is 9.91. The van der Waals surface area contributed by atoms with E-state index in [1.807, 2.05) is 6.92 Å². The molecule has 2 aliphatic heterocycles. The SMILES string of the molecule is CCOc1ccc(S(=O)(=O)N2CCCCC2)cc1NC(=O)C[NH+]1CCC[C@@H](C)C1. The lowest BCUT2D eigenvalue weighted by Crippen LogP contribution is -3.14. The number of rotatable bonds is 7. The van der Waals surface area contributed by atoms with Crippen LogP contribution in [-0.4, -0.2) is 58.0 Å². The van der Waals surface area contributed by atoms with Crippen LogP contribution in [0.4, 0.5) is 5.69 Å². The number of carbonyl (C=O) groups excluding carboxylic acids is 1. The molecule has 2 heterocycles. The van der Waals surface area contributed by atoms with Crippen molar-refractivity contribution >= 4 is 21.6 Å². The standard InChI is InChI=1S/C21H33N3O4S/c1-3-28-20-10-9-18(29(26,27)24-12-5-4-6-13-24)14-19(20)22-21(25)16-23-11-7-8-17(2)15-23/h9-10,14,17H,3-8,11-13,15-16H2,1-2H3,(H,22,25)/p+1/t17-/m1/s1. The Morgan fingerprint density at radius 1 is 1.24 bits per heavy atom. The molecule has 0 bridgehead atoms. The van der Waals surface area contributed by atoms with Crippen molar-refractivity contribution in [1.29, 1.82) is 0 Å². The number of quaternary nitrogens is 1. The molecule has 162 valence electrons. The van der Waals surface area contributed by atoms with Crippen LogP contribution in [0.25, 0.3) is 0 Å². The van der Waals surface area contributed by atoms with E-state index in [2.05, 4.69) is 12.2 Å². The summed E-state index contributed by atoms with van der Waals surface area (Å²) in [7, 11) is -3.57. The zero-order valence-electron chi connectivity index (χ0n) is 17.6. The lowest BCUT2D eigenvalue weighted by Gasteiger charge is -2.27. The van der Waals surface area contributed by atoms with E-state index in [1.54, 1.807) is 18.2 Å². The highest BCUT2D eigenvalue weighted by atomic mass is 32.2. The van der Waals surface area contributed by atoms with Crippen LogP contribution in [0.5, 0.6) is 5.75 Å². The summed E-state index contributed by atoms with van der Waals surface area (Å²) in [4.78, 5) is 14.1. The summed E-state index contributed by atoms with van der Waals surface area (Å²) in [5.74, 6) is 1.02. The van der Waals surface area contributed by atoms with Crippen molar-refractivity contribution < 1.29 is 22.8 Å². The van der Waals surface area contributed by atoms with Gasteiger partial charge in [0.1, 0.15) is 5.75 Å². The highest BCUT2D eigenvalue weighted by Gasteiger charge is 2.27. The van der Waals surface area contributed by atoms with Gasteiger partial charge in [-0.15, -0.1) is 0 Å². The maximum absolute atomic E-state index is 13.0. The zero-order valence-corrected chi connectivity index (χ0v) is 18.4. The van der Waals surface area contributed by atoms with Gasteiger partial charge < -0.3 is 15.0 Å². The molecular weight excluding hydrogens is 390 g/mol. The van der Waals surface area contributed by atoms with E-state index in [4.69, 9.17) is 4.74 Å². The van der Waals surface area contributed by atoms with Crippen molar-refractivity contribution in [2.45, 2.75) is 50.8 Å². The summed E-state index contributed by atoms with van der Waals surface area (Å²) in [5.41, 5.74) is 0.430. The molecule has 0 radical (unpaired) electrons. The third-order valence-corrected chi connectivity index (χ3v) is 7.65. The molecule has 2 fully saturated rings. The first kappa shape index (κ1) is 22.1. The molecule has 2 N–H and O–H groups in total. The van der Waals surface area contributed by atoms with E-state index >= 15 is 0 Å². The number of nitrogens with one attached hydrogen (secondary N) is 2. The third kappa shape index (κ3) is 5.71.